The third-order valence-electron chi connectivity index (χ3n) is 1.57. The molecule has 6 heteroatoms. The number of nitrogens with one attached hydrogen (secondary N) is 2. The molecular formula is C10H15N3O3. The third-order valence-corrected chi connectivity index (χ3v) is 1.57. The van der Waals surface area contributed by atoms with Crippen LogP contribution >= 0.6 is 0 Å². The number of imidazole rings is 1. The smallest absolute Gasteiger partial charge is 0.414 e. The lowest BCUT2D eigenvalue weighted by Gasteiger charge is -2.18. The molecule has 0 bridgehead atoms. The van der Waals surface area contributed by atoms with Gasteiger partial charge in [-0.2, -0.15) is 0 Å². The number of H-pyrrole nitrogens is 1. The van der Waals surface area contributed by atoms with E-state index in [0.29, 0.717) is 5.69 Å². The Labute approximate surface area is 93.4 Å². The van der Waals surface area contributed by atoms with Crippen molar-refractivity contribution in [2.45, 2.75) is 33.3 Å². The Morgan fingerprint density at radius 2 is 2.06 bits per heavy atom. The Kier molecular flexibility index (Phi) is 3.31. The number of Topliss-reactive ketones (excluding diaryl/α,β-unsaturated/α-hetero) is 1. The molecule has 1 amide bonds. The lowest BCUT2D eigenvalue weighted by atomic mass is 10.2. The van der Waals surface area contributed by atoms with Crippen LogP contribution < -0.4 is 5.32 Å². The van der Waals surface area contributed by atoms with E-state index < -0.39 is 11.7 Å². The van der Waals surface area contributed by atoms with Crippen LogP contribution in [0.15, 0.2) is 6.20 Å². The highest BCUT2D eigenvalue weighted by Crippen LogP contribution is 2.09. The van der Waals surface area contributed by atoms with E-state index in [-0.39, 0.29) is 11.7 Å². The second-order valence-electron chi connectivity index (χ2n) is 4.33. The fourth-order valence-electron chi connectivity index (χ4n) is 0.964. The van der Waals surface area contributed by atoms with Gasteiger partial charge in [-0.15, -0.1) is 0 Å². The van der Waals surface area contributed by atoms with Crippen LogP contribution in [0.4, 0.5) is 10.7 Å². The Morgan fingerprint density at radius 3 is 2.50 bits per heavy atom. The molecule has 0 unspecified atom stereocenters. The number of aromatic amines is 1. The second kappa shape index (κ2) is 4.34. The molecule has 0 aliphatic heterocycles. The van der Waals surface area contributed by atoms with Gasteiger partial charge in [0.1, 0.15) is 11.3 Å². The van der Waals surface area contributed by atoms with Crippen LogP contribution in [0.2, 0.25) is 0 Å². The molecule has 0 aliphatic rings. The van der Waals surface area contributed by atoms with Crippen LogP contribution in [-0.4, -0.2) is 27.4 Å². The molecule has 2 N–H and O–H groups in total. The first kappa shape index (κ1) is 12.2. The summed E-state index contributed by atoms with van der Waals surface area (Å²) < 4.78 is 5.02. The van der Waals surface area contributed by atoms with Gasteiger partial charge in [0.2, 0.25) is 5.95 Å². The van der Waals surface area contributed by atoms with Crippen LogP contribution in [0.5, 0.6) is 0 Å². The number of nitrogens with zero attached hydrogens (tertiary/aromatic N) is 1. The Morgan fingerprint density at radius 1 is 1.44 bits per heavy atom. The van der Waals surface area contributed by atoms with Crippen molar-refractivity contribution in [3.05, 3.63) is 11.9 Å². The standard InChI is InChI=1S/C10H15N3O3/c1-6(14)7-5-11-8(12-7)13-9(15)16-10(2,3)4/h5H,1-4H3,(H2,11,12,13,15). The highest BCUT2D eigenvalue weighted by Gasteiger charge is 2.17. The van der Waals surface area contributed by atoms with Crippen molar-refractivity contribution in [1.29, 1.82) is 0 Å². The summed E-state index contributed by atoms with van der Waals surface area (Å²) in [7, 11) is 0. The van der Waals surface area contributed by atoms with E-state index in [2.05, 4.69) is 15.3 Å². The highest BCUT2D eigenvalue weighted by atomic mass is 16.6. The Hall–Kier alpha value is -1.85. The first-order valence-electron chi connectivity index (χ1n) is 4.84. The summed E-state index contributed by atoms with van der Waals surface area (Å²) in [4.78, 5) is 28.8. The molecule has 0 aromatic carbocycles. The van der Waals surface area contributed by atoms with Gasteiger partial charge in [-0.05, 0) is 20.8 Å². The minimum atomic E-state index is -0.614. The van der Waals surface area contributed by atoms with Gasteiger partial charge >= 0.3 is 6.09 Å². The molecule has 0 radical (unpaired) electrons. The first-order chi connectivity index (χ1) is 7.28. The van der Waals surface area contributed by atoms with Gasteiger partial charge in [-0.1, -0.05) is 0 Å². The molecule has 16 heavy (non-hydrogen) atoms. The Balaban J connectivity index is 2.60. The molecule has 6 nitrogen and oxygen atoms in total. The summed E-state index contributed by atoms with van der Waals surface area (Å²) in [5.41, 5.74) is -0.230. The van der Waals surface area contributed by atoms with Crippen molar-refractivity contribution >= 4 is 17.8 Å². The summed E-state index contributed by atoms with van der Waals surface area (Å²) in [6.45, 7) is 6.69. The quantitative estimate of drug-likeness (QED) is 0.753. The predicted molar refractivity (Wildman–Crippen MR) is 58.4 cm³/mol. The number of rotatable bonds is 2. The van der Waals surface area contributed by atoms with Crippen LogP contribution in [0, 0.1) is 0 Å². The number of hydrogen-bond donors (Lipinski definition) is 2. The molecule has 1 rings (SSSR count). The number of ether oxygens (including phenoxy) is 1. The van der Waals surface area contributed by atoms with E-state index in [0.717, 1.165) is 0 Å². The van der Waals surface area contributed by atoms with Crippen molar-refractivity contribution in [1.82, 2.24) is 9.97 Å². The third kappa shape index (κ3) is 3.72. The lowest BCUT2D eigenvalue weighted by molar-refractivity contribution is 0.0634. The summed E-state index contributed by atoms with van der Waals surface area (Å²) in [6.07, 6.45) is 0.742. The van der Waals surface area contributed by atoms with Crippen molar-refractivity contribution in [3.8, 4) is 0 Å². The highest BCUT2D eigenvalue weighted by molar-refractivity contribution is 5.93. The van der Waals surface area contributed by atoms with Crippen molar-refractivity contribution in [3.63, 3.8) is 0 Å². The van der Waals surface area contributed by atoms with Gasteiger partial charge in [0.15, 0.2) is 5.78 Å². The maximum absolute atomic E-state index is 11.3. The fourth-order valence-corrected chi connectivity index (χ4v) is 0.964. The maximum Gasteiger partial charge on any atom is 0.414 e. The molecule has 0 spiro atoms. The lowest BCUT2D eigenvalue weighted by Crippen LogP contribution is -2.27. The average Bonchev–Trinajstić information content (AvgIpc) is 2.48. The van der Waals surface area contributed by atoms with Crippen molar-refractivity contribution < 1.29 is 14.3 Å². The van der Waals surface area contributed by atoms with E-state index in [1.807, 2.05) is 0 Å². The van der Waals surface area contributed by atoms with Crippen molar-refractivity contribution in [2.75, 3.05) is 5.32 Å². The predicted octanol–water partition coefficient (Wildman–Crippen LogP) is 1.96. The molecule has 0 saturated heterocycles. The molecule has 88 valence electrons. The number of aromatic nitrogens is 2. The minimum absolute atomic E-state index is 0.148. The van der Waals surface area contributed by atoms with Crippen LogP contribution in [0.1, 0.15) is 38.2 Å². The molecular weight excluding hydrogens is 210 g/mol. The molecule has 1 heterocycles. The van der Waals surface area contributed by atoms with Crippen LogP contribution in [-0.2, 0) is 4.74 Å². The summed E-state index contributed by atoms with van der Waals surface area (Å²) in [5.74, 6) is 0.0455. The normalized spacial score (nSPS) is 11.0. The maximum atomic E-state index is 11.3. The van der Waals surface area contributed by atoms with Crippen molar-refractivity contribution in [2.24, 2.45) is 0 Å². The number of amides is 1. The minimum Gasteiger partial charge on any atom is -0.444 e. The molecule has 0 fully saturated rings. The molecule has 1 aromatic heterocycles. The summed E-state index contributed by atoms with van der Waals surface area (Å²) >= 11 is 0. The fraction of sp³-hybridized carbons (Fsp3) is 0.500. The first-order valence-corrected chi connectivity index (χ1v) is 4.84. The SMILES string of the molecule is CC(=O)c1cnc(NC(=O)OC(C)(C)C)[nH]1. The monoisotopic (exact) mass is 225 g/mol. The zero-order valence-corrected chi connectivity index (χ0v) is 9.75. The molecule has 0 saturated carbocycles. The molecule has 1 aromatic rings. The van der Waals surface area contributed by atoms with Gasteiger partial charge < -0.3 is 9.72 Å². The van der Waals surface area contributed by atoms with E-state index in [1.165, 1.54) is 13.1 Å². The van der Waals surface area contributed by atoms with Gasteiger partial charge in [0.05, 0.1) is 6.20 Å². The van der Waals surface area contributed by atoms with Gasteiger partial charge in [0.25, 0.3) is 0 Å². The number of ketones is 1. The van der Waals surface area contributed by atoms with E-state index in [9.17, 15) is 9.59 Å². The van der Waals surface area contributed by atoms with Crippen LogP contribution in [0.25, 0.3) is 0 Å². The van der Waals surface area contributed by atoms with Gasteiger partial charge in [-0.3, -0.25) is 10.1 Å². The van der Waals surface area contributed by atoms with Crippen LogP contribution in [0.3, 0.4) is 0 Å². The largest absolute Gasteiger partial charge is 0.444 e. The number of carbonyl (C=O) groups excluding carboxylic acids is 2. The van der Waals surface area contributed by atoms with E-state index in [4.69, 9.17) is 4.74 Å². The Bertz CT molecular complexity index is 404. The zero-order chi connectivity index (χ0) is 12.3. The topological polar surface area (TPSA) is 84.1 Å². The zero-order valence-electron chi connectivity index (χ0n) is 9.75. The summed E-state index contributed by atoms with van der Waals surface area (Å²) in [5, 5.41) is 2.39. The number of carbonyl (C=O) groups is 2. The number of anilines is 1. The average molecular weight is 225 g/mol. The number of hydrogen-bond acceptors (Lipinski definition) is 4. The van der Waals surface area contributed by atoms with Gasteiger partial charge in [0, 0.05) is 6.92 Å². The van der Waals surface area contributed by atoms with E-state index >= 15 is 0 Å². The summed E-state index contributed by atoms with van der Waals surface area (Å²) in [6, 6.07) is 0. The second-order valence-corrected chi connectivity index (χ2v) is 4.33. The molecule has 0 atom stereocenters. The molecule has 0 aliphatic carbocycles. The van der Waals surface area contributed by atoms with E-state index in [1.54, 1.807) is 20.8 Å². The van der Waals surface area contributed by atoms with Gasteiger partial charge in [-0.25, -0.2) is 9.78 Å².